The maximum absolute atomic E-state index is 4.46. The summed E-state index contributed by atoms with van der Waals surface area (Å²) in [6, 6.07) is 8.48. The predicted molar refractivity (Wildman–Crippen MR) is 98.9 cm³/mol. The molecular weight excluding hydrogens is 300 g/mol. The van der Waals surface area contributed by atoms with Gasteiger partial charge in [-0.2, -0.15) is 10.1 Å². The standard InChI is InChI=1S/C18H26N6/c1-14(2)9-10-19-18-22-17(13-20-23-18)21-15-5-7-16(8-6-15)24-11-3-4-12-24/h5-8,13-14H,3-4,9-12H2,1-2H3,(H2,19,21,22,23). The Hall–Kier alpha value is -2.37. The molecule has 0 amide bonds. The molecule has 6 nitrogen and oxygen atoms in total. The molecule has 128 valence electrons. The van der Waals surface area contributed by atoms with E-state index >= 15 is 0 Å². The second kappa shape index (κ2) is 7.95. The van der Waals surface area contributed by atoms with Crippen molar-refractivity contribution in [2.75, 3.05) is 35.2 Å². The molecule has 0 saturated carbocycles. The fourth-order valence-corrected chi connectivity index (χ4v) is 2.79. The van der Waals surface area contributed by atoms with E-state index in [0.717, 1.165) is 31.7 Å². The Bertz CT molecular complexity index is 634. The van der Waals surface area contributed by atoms with Crippen molar-refractivity contribution >= 4 is 23.1 Å². The molecule has 1 aliphatic heterocycles. The van der Waals surface area contributed by atoms with E-state index in [1.165, 1.54) is 18.5 Å². The van der Waals surface area contributed by atoms with Crippen molar-refractivity contribution in [3.63, 3.8) is 0 Å². The summed E-state index contributed by atoms with van der Waals surface area (Å²) in [5.41, 5.74) is 2.29. The van der Waals surface area contributed by atoms with Crippen molar-refractivity contribution in [1.82, 2.24) is 15.2 Å². The molecule has 1 aromatic carbocycles. The van der Waals surface area contributed by atoms with Crippen molar-refractivity contribution in [2.24, 2.45) is 5.92 Å². The molecule has 1 aliphatic rings. The van der Waals surface area contributed by atoms with Gasteiger partial charge in [-0.15, -0.1) is 5.10 Å². The summed E-state index contributed by atoms with van der Waals surface area (Å²) in [6.07, 6.45) is 5.30. The van der Waals surface area contributed by atoms with Crippen molar-refractivity contribution in [2.45, 2.75) is 33.1 Å². The quantitative estimate of drug-likeness (QED) is 0.809. The van der Waals surface area contributed by atoms with Gasteiger partial charge in [0, 0.05) is 31.0 Å². The van der Waals surface area contributed by atoms with Crippen molar-refractivity contribution in [3.05, 3.63) is 30.5 Å². The van der Waals surface area contributed by atoms with E-state index in [4.69, 9.17) is 0 Å². The predicted octanol–water partition coefficient (Wildman–Crippen LogP) is 3.67. The molecule has 3 rings (SSSR count). The zero-order chi connectivity index (χ0) is 16.8. The number of benzene rings is 1. The minimum atomic E-state index is 0.564. The highest BCUT2D eigenvalue weighted by atomic mass is 15.3. The number of aromatic nitrogens is 3. The Morgan fingerprint density at radius 1 is 1.12 bits per heavy atom. The van der Waals surface area contributed by atoms with Crippen LogP contribution >= 0.6 is 0 Å². The van der Waals surface area contributed by atoms with Crippen LogP contribution in [0.4, 0.5) is 23.1 Å². The number of anilines is 4. The van der Waals surface area contributed by atoms with Gasteiger partial charge < -0.3 is 15.5 Å². The molecule has 24 heavy (non-hydrogen) atoms. The van der Waals surface area contributed by atoms with Crippen LogP contribution in [0.15, 0.2) is 30.5 Å². The van der Waals surface area contributed by atoms with Crippen LogP contribution in [0.3, 0.4) is 0 Å². The van der Waals surface area contributed by atoms with E-state index in [1.807, 2.05) is 0 Å². The SMILES string of the molecule is CC(C)CCNc1nncc(Nc2ccc(N3CCCC3)cc2)n1. The molecule has 2 N–H and O–H groups in total. The summed E-state index contributed by atoms with van der Waals surface area (Å²) in [5.74, 6) is 1.92. The van der Waals surface area contributed by atoms with Gasteiger partial charge in [-0.3, -0.25) is 0 Å². The monoisotopic (exact) mass is 326 g/mol. The number of hydrogen-bond donors (Lipinski definition) is 2. The topological polar surface area (TPSA) is 66.0 Å². The molecular formula is C18H26N6. The first-order chi connectivity index (χ1) is 11.7. The van der Waals surface area contributed by atoms with E-state index in [2.05, 4.69) is 68.8 Å². The smallest absolute Gasteiger partial charge is 0.244 e. The molecule has 1 aromatic heterocycles. The molecule has 6 heteroatoms. The Labute approximate surface area is 143 Å². The molecule has 1 saturated heterocycles. The average molecular weight is 326 g/mol. The van der Waals surface area contributed by atoms with Crippen molar-refractivity contribution in [3.8, 4) is 0 Å². The van der Waals surface area contributed by atoms with Crippen LogP contribution < -0.4 is 15.5 Å². The summed E-state index contributed by atoms with van der Waals surface area (Å²) in [6.45, 7) is 7.57. The highest BCUT2D eigenvalue weighted by Crippen LogP contribution is 2.23. The van der Waals surface area contributed by atoms with E-state index in [-0.39, 0.29) is 0 Å². The lowest BCUT2D eigenvalue weighted by Crippen LogP contribution is -2.17. The minimum Gasteiger partial charge on any atom is -0.372 e. The van der Waals surface area contributed by atoms with Crippen LogP contribution in [-0.4, -0.2) is 34.8 Å². The normalized spacial score (nSPS) is 14.2. The van der Waals surface area contributed by atoms with Crippen molar-refractivity contribution < 1.29 is 0 Å². The lowest BCUT2D eigenvalue weighted by molar-refractivity contribution is 0.605. The van der Waals surface area contributed by atoms with Crippen LogP contribution in [0.5, 0.6) is 0 Å². The number of nitrogens with zero attached hydrogens (tertiary/aromatic N) is 4. The molecule has 0 bridgehead atoms. The molecule has 0 unspecified atom stereocenters. The lowest BCUT2D eigenvalue weighted by atomic mass is 10.1. The second-order valence-electron chi connectivity index (χ2n) is 6.64. The zero-order valence-corrected chi connectivity index (χ0v) is 14.5. The van der Waals surface area contributed by atoms with E-state index in [1.54, 1.807) is 6.20 Å². The third kappa shape index (κ3) is 4.57. The Morgan fingerprint density at radius 3 is 2.58 bits per heavy atom. The summed E-state index contributed by atoms with van der Waals surface area (Å²) < 4.78 is 0. The molecule has 0 spiro atoms. The Kier molecular flexibility index (Phi) is 5.46. The Morgan fingerprint density at radius 2 is 1.88 bits per heavy atom. The lowest BCUT2D eigenvalue weighted by Gasteiger charge is -2.17. The van der Waals surface area contributed by atoms with Gasteiger partial charge >= 0.3 is 0 Å². The first kappa shape index (κ1) is 16.5. The first-order valence-electron chi connectivity index (χ1n) is 8.76. The van der Waals surface area contributed by atoms with E-state index < -0.39 is 0 Å². The highest BCUT2D eigenvalue weighted by molar-refractivity contribution is 5.61. The number of hydrogen-bond acceptors (Lipinski definition) is 6. The third-order valence-electron chi connectivity index (χ3n) is 4.17. The highest BCUT2D eigenvalue weighted by Gasteiger charge is 2.11. The fraction of sp³-hybridized carbons (Fsp3) is 0.500. The van der Waals surface area contributed by atoms with Gasteiger partial charge in [0.15, 0.2) is 5.82 Å². The summed E-state index contributed by atoms with van der Waals surface area (Å²) in [5, 5.41) is 14.5. The van der Waals surface area contributed by atoms with Crippen molar-refractivity contribution in [1.29, 1.82) is 0 Å². The maximum atomic E-state index is 4.46. The van der Waals surface area contributed by atoms with E-state index in [0.29, 0.717) is 17.7 Å². The summed E-state index contributed by atoms with van der Waals surface area (Å²) in [4.78, 5) is 6.88. The summed E-state index contributed by atoms with van der Waals surface area (Å²) >= 11 is 0. The fourth-order valence-electron chi connectivity index (χ4n) is 2.79. The van der Waals surface area contributed by atoms with Gasteiger partial charge in [0.1, 0.15) is 0 Å². The molecule has 0 atom stereocenters. The van der Waals surface area contributed by atoms with Gasteiger partial charge in [-0.05, 0) is 49.4 Å². The van der Waals surface area contributed by atoms with Crippen LogP contribution in [0.25, 0.3) is 0 Å². The molecule has 2 heterocycles. The van der Waals surface area contributed by atoms with Gasteiger partial charge in [0.2, 0.25) is 5.95 Å². The number of nitrogens with one attached hydrogen (secondary N) is 2. The third-order valence-corrected chi connectivity index (χ3v) is 4.17. The van der Waals surface area contributed by atoms with Crippen LogP contribution in [-0.2, 0) is 0 Å². The molecule has 1 fully saturated rings. The number of rotatable bonds is 7. The first-order valence-corrected chi connectivity index (χ1v) is 8.76. The second-order valence-corrected chi connectivity index (χ2v) is 6.64. The molecule has 0 radical (unpaired) electrons. The molecule has 2 aromatic rings. The zero-order valence-electron chi connectivity index (χ0n) is 14.5. The van der Waals surface area contributed by atoms with Gasteiger partial charge in [0.25, 0.3) is 0 Å². The van der Waals surface area contributed by atoms with Gasteiger partial charge in [-0.25, -0.2) is 0 Å². The molecule has 0 aliphatic carbocycles. The van der Waals surface area contributed by atoms with Crippen LogP contribution in [0, 0.1) is 5.92 Å². The Balaban J connectivity index is 1.58. The van der Waals surface area contributed by atoms with Gasteiger partial charge in [0.05, 0.1) is 6.20 Å². The largest absolute Gasteiger partial charge is 0.372 e. The van der Waals surface area contributed by atoms with Gasteiger partial charge in [-0.1, -0.05) is 13.8 Å². The average Bonchev–Trinajstić information content (AvgIpc) is 3.10. The minimum absolute atomic E-state index is 0.564. The maximum Gasteiger partial charge on any atom is 0.244 e. The van der Waals surface area contributed by atoms with Crippen LogP contribution in [0.1, 0.15) is 33.1 Å². The summed E-state index contributed by atoms with van der Waals surface area (Å²) in [7, 11) is 0. The van der Waals surface area contributed by atoms with Crippen LogP contribution in [0.2, 0.25) is 0 Å². The van der Waals surface area contributed by atoms with E-state index in [9.17, 15) is 0 Å².